The van der Waals surface area contributed by atoms with Crippen LogP contribution in [0.25, 0.3) is 0 Å². The average Bonchev–Trinajstić information content (AvgIpc) is 3.22. The molecule has 126 valence electrons. The van der Waals surface area contributed by atoms with Gasteiger partial charge in [0, 0.05) is 27.3 Å². The molecule has 4 rings (SSSR count). The Hall–Kier alpha value is -2.22. The highest BCUT2D eigenvalue weighted by molar-refractivity contribution is 7.15. The molecule has 1 aliphatic heterocycles. The number of amidine groups is 1. The minimum atomic E-state index is -0.0651. The number of quaternary nitrogens is 1. The number of aryl methyl sites for hydroxylation is 2. The second-order valence-electron chi connectivity index (χ2n) is 5.55. The lowest BCUT2D eigenvalue weighted by Crippen LogP contribution is -3.00. The Bertz CT molecular complexity index is 917. The number of hydrogen-bond acceptors (Lipinski definition) is 5. The molecule has 0 fully saturated rings. The minimum Gasteiger partial charge on any atom is -1.00 e. The fourth-order valence-corrected chi connectivity index (χ4v) is 3.47. The molecule has 25 heavy (non-hydrogen) atoms. The number of rotatable bonds is 3. The van der Waals surface area contributed by atoms with Gasteiger partial charge in [0.2, 0.25) is 5.84 Å². The molecule has 0 radical (unpaired) electrons. The van der Waals surface area contributed by atoms with Crippen molar-refractivity contribution in [3.8, 4) is 0 Å². The van der Waals surface area contributed by atoms with Crippen molar-refractivity contribution in [3.63, 3.8) is 0 Å². The quantitative estimate of drug-likeness (QED) is 0.606. The molecule has 2 aromatic carbocycles. The number of aromatic nitrogens is 1. The molecule has 1 atom stereocenters. The van der Waals surface area contributed by atoms with Crippen LogP contribution in [-0.4, -0.2) is 10.8 Å². The van der Waals surface area contributed by atoms with Crippen molar-refractivity contribution in [2.45, 2.75) is 13.8 Å². The highest BCUT2D eigenvalue weighted by Gasteiger charge is 2.44. The lowest BCUT2D eigenvalue weighted by atomic mass is 10.2. The summed E-state index contributed by atoms with van der Waals surface area (Å²) < 4.78 is -0.0651. The van der Waals surface area contributed by atoms with Crippen LogP contribution in [0.15, 0.2) is 76.1 Å². The molecule has 5 nitrogen and oxygen atoms in total. The van der Waals surface area contributed by atoms with Crippen molar-refractivity contribution in [2.24, 2.45) is 15.4 Å². The van der Waals surface area contributed by atoms with E-state index >= 15 is 0 Å². The SMILES string of the molecule is Cc1nc([N+]2(c3ccccc3)N=NC(c3ccccc3)=N2)sc1C.[Br-]. The summed E-state index contributed by atoms with van der Waals surface area (Å²) in [6.45, 7) is 4.07. The van der Waals surface area contributed by atoms with Gasteiger partial charge >= 0.3 is 5.13 Å². The third-order valence-corrected chi connectivity index (χ3v) is 5.07. The van der Waals surface area contributed by atoms with Gasteiger partial charge in [-0.15, -0.1) is 0 Å². The van der Waals surface area contributed by atoms with Gasteiger partial charge in [-0.05, 0) is 18.9 Å². The molecule has 1 aliphatic rings. The molecule has 1 aromatic heterocycles. The van der Waals surface area contributed by atoms with Crippen molar-refractivity contribution in [1.29, 1.82) is 0 Å². The Balaban J connectivity index is 0.00000182. The van der Waals surface area contributed by atoms with E-state index in [2.05, 4.69) is 17.3 Å². The number of para-hydroxylation sites is 1. The first-order chi connectivity index (χ1) is 11.7. The fraction of sp³-hybridized carbons (Fsp3) is 0.111. The molecule has 1 unspecified atom stereocenters. The topological polar surface area (TPSA) is 50.0 Å². The summed E-state index contributed by atoms with van der Waals surface area (Å²) in [6, 6.07) is 19.8. The van der Waals surface area contributed by atoms with Crippen molar-refractivity contribution in [2.75, 3.05) is 0 Å². The molecule has 2 heterocycles. The molecule has 7 heteroatoms. The van der Waals surface area contributed by atoms with Crippen LogP contribution in [0.3, 0.4) is 0 Å². The smallest absolute Gasteiger partial charge is 0.348 e. The van der Waals surface area contributed by atoms with E-state index in [1.807, 2.05) is 67.6 Å². The molecular weight excluding hydrogens is 398 g/mol. The summed E-state index contributed by atoms with van der Waals surface area (Å²) in [4.78, 5) is 5.86. The van der Waals surface area contributed by atoms with Crippen LogP contribution in [0, 0.1) is 13.8 Å². The number of thiazole rings is 1. The molecule has 0 aliphatic carbocycles. The molecule has 3 aromatic rings. The average molecular weight is 414 g/mol. The van der Waals surface area contributed by atoms with Crippen molar-refractivity contribution >= 4 is 28.0 Å². The zero-order valence-corrected chi connectivity index (χ0v) is 16.2. The fourth-order valence-electron chi connectivity index (χ4n) is 2.51. The Labute approximate surface area is 160 Å². The zero-order chi connectivity index (χ0) is 16.6. The molecular formula is C18H16BrN5S. The summed E-state index contributed by atoms with van der Waals surface area (Å²) in [7, 11) is 0. The summed E-state index contributed by atoms with van der Waals surface area (Å²) in [5.41, 5.74) is 2.87. The standard InChI is InChI=1S/C18H16N5S.BrH/c1-13-14(2)24-18(19-13)23(16-11-7-4-8-12-16)21-17(20-22-23)15-9-5-3-6-10-15;/h3-12H,1-2H3;1H/q+1;/p-1. The molecule has 0 spiro atoms. The Morgan fingerprint density at radius 2 is 1.52 bits per heavy atom. The monoisotopic (exact) mass is 413 g/mol. The Morgan fingerprint density at radius 1 is 0.880 bits per heavy atom. The van der Waals surface area contributed by atoms with Crippen molar-refractivity contribution in [1.82, 2.24) is 9.69 Å². The van der Waals surface area contributed by atoms with Gasteiger partial charge in [0.05, 0.1) is 10.9 Å². The number of nitrogens with zero attached hydrogens (tertiary/aromatic N) is 5. The first-order valence-electron chi connectivity index (χ1n) is 7.67. The van der Waals surface area contributed by atoms with Crippen LogP contribution in [0.5, 0.6) is 0 Å². The van der Waals surface area contributed by atoms with Gasteiger partial charge in [-0.25, -0.2) is 0 Å². The maximum Gasteiger partial charge on any atom is 0.348 e. The number of hydrogen-bond donors (Lipinski definition) is 0. The van der Waals surface area contributed by atoms with Crippen molar-refractivity contribution < 1.29 is 17.0 Å². The molecule has 0 bridgehead atoms. The van der Waals surface area contributed by atoms with Crippen LogP contribution >= 0.6 is 11.3 Å². The zero-order valence-electron chi connectivity index (χ0n) is 13.8. The Morgan fingerprint density at radius 3 is 2.12 bits per heavy atom. The van der Waals surface area contributed by atoms with Crippen LogP contribution in [0.4, 0.5) is 10.8 Å². The Kier molecular flexibility index (Phi) is 4.89. The lowest BCUT2D eigenvalue weighted by molar-refractivity contribution is -0.00000499. The molecule has 0 saturated carbocycles. The third-order valence-electron chi connectivity index (χ3n) is 3.94. The lowest BCUT2D eigenvalue weighted by Gasteiger charge is -2.16. The first kappa shape index (κ1) is 17.6. The van der Waals surface area contributed by atoms with Crippen LogP contribution in [-0.2, 0) is 0 Å². The summed E-state index contributed by atoms with van der Waals surface area (Å²) >= 11 is 1.60. The maximum atomic E-state index is 4.85. The predicted molar refractivity (Wildman–Crippen MR) is 97.3 cm³/mol. The van der Waals surface area contributed by atoms with Crippen molar-refractivity contribution in [3.05, 3.63) is 76.8 Å². The van der Waals surface area contributed by atoms with Gasteiger partial charge in [0.25, 0.3) is 0 Å². The molecule has 0 N–H and O–H groups in total. The van der Waals surface area contributed by atoms with Gasteiger partial charge < -0.3 is 17.0 Å². The summed E-state index contributed by atoms with van der Waals surface area (Å²) in [5, 5.41) is 14.5. The van der Waals surface area contributed by atoms with E-state index in [4.69, 9.17) is 10.1 Å². The third kappa shape index (κ3) is 3.06. The molecule has 0 saturated heterocycles. The second-order valence-corrected chi connectivity index (χ2v) is 6.74. The molecule has 0 amide bonds. The van der Waals surface area contributed by atoms with E-state index in [0.717, 1.165) is 27.0 Å². The predicted octanol–water partition coefficient (Wildman–Crippen LogP) is 2.15. The van der Waals surface area contributed by atoms with Gasteiger partial charge in [0.1, 0.15) is 0 Å². The van der Waals surface area contributed by atoms with E-state index in [9.17, 15) is 0 Å². The van der Waals surface area contributed by atoms with E-state index in [-0.39, 0.29) is 21.7 Å². The highest BCUT2D eigenvalue weighted by atomic mass is 79.9. The van der Waals surface area contributed by atoms with Crippen LogP contribution < -0.4 is 21.7 Å². The first-order valence-corrected chi connectivity index (χ1v) is 8.49. The van der Waals surface area contributed by atoms with Gasteiger partial charge in [-0.3, -0.25) is 0 Å². The second kappa shape index (κ2) is 6.95. The summed E-state index contributed by atoms with van der Waals surface area (Å²) in [5.74, 6) is 0.616. The van der Waals surface area contributed by atoms with Gasteiger partial charge in [0.15, 0.2) is 5.69 Å². The van der Waals surface area contributed by atoms with E-state index in [1.165, 1.54) is 0 Å². The van der Waals surface area contributed by atoms with Gasteiger partial charge in [-0.1, -0.05) is 65.0 Å². The summed E-state index contributed by atoms with van der Waals surface area (Å²) in [6.07, 6.45) is 0. The largest absolute Gasteiger partial charge is 1.00 e. The normalized spacial score (nSPS) is 18.7. The number of halogens is 1. The highest BCUT2D eigenvalue weighted by Crippen LogP contribution is 2.42. The minimum absolute atomic E-state index is 0. The van der Waals surface area contributed by atoms with Gasteiger partial charge in [-0.2, -0.15) is 4.98 Å². The van der Waals surface area contributed by atoms with Crippen LogP contribution in [0.2, 0.25) is 0 Å². The number of benzene rings is 2. The van der Waals surface area contributed by atoms with E-state index in [0.29, 0.717) is 5.84 Å². The van der Waals surface area contributed by atoms with Crippen LogP contribution in [0.1, 0.15) is 16.1 Å². The maximum absolute atomic E-state index is 4.85. The van der Waals surface area contributed by atoms with E-state index < -0.39 is 0 Å². The van der Waals surface area contributed by atoms with E-state index in [1.54, 1.807) is 11.3 Å².